The molecule has 0 aliphatic heterocycles. The van der Waals surface area contributed by atoms with Gasteiger partial charge >= 0.3 is 0 Å². The summed E-state index contributed by atoms with van der Waals surface area (Å²) < 4.78 is 5.86. The minimum atomic E-state index is 0.00331. The van der Waals surface area contributed by atoms with E-state index in [-0.39, 0.29) is 5.60 Å². The first-order valence-electron chi connectivity index (χ1n) is 7.90. The molecule has 0 bridgehead atoms. The Kier molecular flexibility index (Phi) is 4.22. The fourth-order valence-electron chi connectivity index (χ4n) is 3.34. The molecule has 0 amide bonds. The van der Waals surface area contributed by atoms with Crippen LogP contribution in [0.15, 0.2) is 36.4 Å². The van der Waals surface area contributed by atoms with Gasteiger partial charge in [0.05, 0.1) is 11.1 Å². The summed E-state index contributed by atoms with van der Waals surface area (Å²) >= 11 is 0. The van der Waals surface area contributed by atoms with Crippen LogP contribution >= 0.6 is 0 Å². The van der Waals surface area contributed by atoms with E-state index in [0.29, 0.717) is 6.04 Å². The van der Waals surface area contributed by atoms with E-state index < -0.39 is 0 Å². The van der Waals surface area contributed by atoms with Crippen LogP contribution in [0.1, 0.15) is 31.9 Å². The van der Waals surface area contributed by atoms with Gasteiger partial charge in [-0.3, -0.25) is 4.98 Å². The van der Waals surface area contributed by atoms with Gasteiger partial charge in [-0.1, -0.05) is 31.2 Å². The molecule has 1 aliphatic carbocycles. The summed E-state index contributed by atoms with van der Waals surface area (Å²) in [5, 5.41) is 4.81. The van der Waals surface area contributed by atoms with Crippen molar-refractivity contribution in [2.45, 2.75) is 44.2 Å². The van der Waals surface area contributed by atoms with Crippen LogP contribution in [0, 0.1) is 0 Å². The summed E-state index contributed by atoms with van der Waals surface area (Å²) in [6, 6.07) is 12.9. The number of likely N-dealkylation sites (N-methyl/N-ethyl adjacent to an activating group) is 1. The second kappa shape index (κ2) is 6.12. The summed E-state index contributed by atoms with van der Waals surface area (Å²) in [5.74, 6) is 0. The summed E-state index contributed by atoms with van der Waals surface area (Å²) in [6.07, 6.45) is 4.48. The smallest absolute Gasteiger partial charge is 0.0834 e. The third kappa shape index (κ3) is 2.81. The number of pyridine rings is 1. The molecular weight excluding hydrogens is 260 g/mol. The lowest BCUT2D eigenvalue weighted by atomic mass is 9.73. The first-order valence-corrected chi connectivity index (χ1v) is 7.90. The molecule has 1 heterocycles. The standard InChI is InChI=1S/C18H24N2O/c1-3-19-17(18(21-2)11-6-12-18)13-15-10-9-14-7-4-5-8-16(14)20-15/h4-5,7-10,17,19H,3,6,11-13H2,1-2H3. The topological polar surface area (TPSA) is 34.2 Å². The Labute approximate surface area is 126 Å². The van der Waals surface area contributed by atoms with Crippen LogP contribution in [-0.2, 0) is 11.2 Å². The summed E-state index contributed by atoms with van der Waals surface area (Å²) in [4.78, 5) is 4.81. The molecular formula is C18H24N2O. The number of aromatic nitrogens is 1. The van der Waals surface area contributed by atoms with E-state index >= 15 is 0 Å². The third-order valence-electron chi connectivity index (χ3n) is 4.76. The number of fused-ring (bicyclic) bond motifs is 1. The molecule has 3 nitrogen and oxygen atoms in total. The van der Waals surface area contributed by atoms with E-state index in [9.17, 15) is 0 Å². The number of para-hydroxylation sites is 1. The molecule has 1 atom stereocenters. The fraction of sp³-hybridized carbons (Fsp3) is 0.500. The predicted octanol–water partition coefficient (Wildman–Crippen LogP) is 3.32. The number of nitrogens with one attached hydrogen (secondary N) is 1. The lowest BCUT2D eigenvalue weighted by Crippen LogP contribution is -2.57. The third-order valence-corrected chi connectivity index (χ3v) is 4.76. The SMILES string of the molecule is CCNC(Cc1ccc2ccccc2n1)C1(OC)CCC1. The normalized spacial score (nSPS) is 18.4. The van der Waals surface area contributed by atoms with Gasteiger partial charge in [0.2, 0.25) is 0 Å². The van der Waals surface area contributed by atoms with Crippen molar-refractivity contribution in [1.29, 1.82) is 0 Å². The van der Waals surface area contributed by atoms with Crippen molar-refractivity contribution in [3.05, 3.63) is 42.1 Å². The number of methoxy groups -OCH3 is 1. The highest BCUT2D eigenvalue weighted by atomic mass is 16.5. The Balaban J connectivity index is 1.83. The molecule has 1 unspecified atom stereocenters. The Morgan fingerprint density at radius 2 is 2.05 bits per heavy atom. The minimum absolute atomic E-state index is 0.00331. The Hall–Kier alpha value is -1.45. The van der Waals surface area contributed by atoms with Gasteiger partial charge in [-0.05, 0) is 37.9 Å². The predicted molar refractivity (Wildman–Crippen MR) is 86.5 cm³/mol. The maximum Gasteiger partial charge on any atom is 0.0834 e. The van der Waals surface area contributed by atoms with Crippen molar-refractivity contribution in [2.75, 3.05) is 13.7 Å². The van der Waals surface area contributed by atoms with E-state index in [1.807, 2.05) is 13.2 Å². The lowest BCUT2D eigenvalue weighted by molar-refractivity contribution is -0.0979. The molecule has 1 saturated carbocycles. The molecule has 1 N–H and O–H groups in total. The Morgan fingerprint density at radius 1 is 1.24 bits per heavy atom. The first-order chi connectivity index (χ1) is 10.3. The van der Waals surface area contributed by atoms with E-state index in [1.54, 1.807) is 0 Å². The molecule has 0 saturated heterocycles. The van der Waals surface area contributed by atoms with Crippen molar-refractivity contribution in [1.82, 2.24) is 10.3 Å². The second-order valence-corrected chi connectivity index (χ2v) is 5.93. The van der Waals surface area contributed by atoms with Crippen molar-refractivity contribution in [3.8, 4) is 0 Å². The van der Waals surface area contributed by atoms with Crippen LogP contribution in [0.4, 0.5) is 0 Å². The number of hydrogen-bond donors (Lipinski definition) is 1. The lowest BCUT2D eigenvalue weighted by Gasteiger charge is -2.46. The van der Waals surface area contributed by atoms with Gasteiger partial charge in [0.15, 0.2) is 0 Å². The monoisotopic (exact) mass is 284 g/mol. The largest absolute Gasteiger partial charge is 0.377 e. The van der Waals surface area contributed by atoms with Crippen LogP contribution < -0.4 is 5.32 Å². The van der Waals surface area contributed by atoms with Gasteiger partial charge in [0, 0.05) is 30.7 Å². The van der Waals surface area contributed by atoms with Crippen molar-refractivity contribution >= 4 is 10.9 Å². The maximum absolute atomic E-state index is 5.86. The molecule has 21 heavy (non-hydrogen) atoms. The minimum Gasteiger partial charge on any atom is -0.377 e. The van der Waals surface area contributed by atoms with Gasteiger partial charge in [0.1, 0.15) is 0 Å². The van der Waals surface area contributed by atoms with Crippen molar-refractivity contribution in [3.63, 3.8) is 0 Å². The number of rotatable bonds is 6. The highest BCUT2D eigenvalue weighted by molar-refractivity contribution is 5.78. The molecule has 1 aliphatic rings. The molecule has 1 fully saturated rings. The fourth-order valence-corrected chi connectivity index (χ4v) is 3.34. The highest BCUT2D eigenvalue weighted by Gasteiger charge is 2.44. The molecule has 3 heteroatoms. The zero-order valence-electron chi connectivity index (χ0n) is 12.9. The van der Waals surface area contributed by atoms with Crippen LogP contribution in [0.5, 0.6) is 0 Å². The summed E-state index contributed by atoms with van der Waals surface area (Å²) in [6.45, 7) is 3.12. The van der Waals surface area contributed by atoms with Gasteiger partial charge in [-0.2, -0.15) is 0 Å². The molecule has 2 aromatic rings. The van der Waals surface area contributed by atoms with Crippen LogP contribution in [0.25, 0.3) is 10.9 Å². The number of ether oxygens (including phenoxy) is 1. The average molecular weight is 284 g/mol. The van der Waals surface area contributed by atoms with E-state index in [2.05, 4.69) is 42.6 Å². The first kappa shape index (κ1) is 14.5. The van der Waals surface area contributed by atoms with Crippen LogP contribution in [0.2, 0.25) is 0 Å². The van der Waals surface area contributed by atoms with Crippen molar-refractivity contribution in [2.24, 2.45) is 0 Å². The Bertz CT molecular complexity index is 601. The van der Waals surface area contributed by atoms with Crippen LogP contribution in [-0.4, -0.2) is 30.3 Å². The van der Waals surface area contributed by atoms with Gasteiger partial charge < -0.3 is 10.1 Å². The summed E-state index contributed by atoms with van der Waals surface area (Å²) in [5.41, 5.74) is 2.22. The van der Waals surface area contributed by atoms with Gasteiger partial charge in [-0.15, -0.1) is 0 Å². The number of hydrogen-bond acceptors (Lipinski definition) is 3. The van der Waals surface area contributed by atoms with E-state index in [1.165, 1.54) is 11.8 Å². The van der Waals surface area contributed by atoms with Gasteiger partial charge in [0.25, 0.3) is 0 Å². The van der Waals surface area contributed by atoms with Crippen molar-refractivity contribution < 1.29 is 4.74 Å². The average Bonchev–Trinajstić information content (AvgIpc) is 2.47. The molecule has 1 aromatic heterocycles. The zero-order chi connectivity index (χ0) is 14.7. The zero-order valence-corrected chi connectivity index (χ0v) is 12.9. The number of nitrogens with zero attached hydrogens (tertiary/aromatic N) is 1. The molecule has 3 rings (SSSR count). The summed E-state index contributed by atoms with van der Waals surface area (Å²) in [7, 11) is 1.84. The highest BCUT2D eigenvalue weighted by Crippen LogP contribution is 2.39. The quantitative estimate of drug-likeness (QED) is 0.883. The van der Waals surface area contributed by atoms with Gasteiger partial charge in [-0.25, -0.2) is 0 Å². The van der Waals surface area contributed by atoms with E-state index in [0.717, 1.165) is 37.0 Å². The molecule has 1 aromatic carbocycles. The maximum atomic E-state index is 5.86. The molecule has 0 spiro atoms. The van der Waals surface area contributed by atoms with E-state index in [4.69, 9.17) is 9.72 Å². The molecule has 112 valence electrons. The number of benzene rings is 1. The second-order valence-electron chi connectivity index (χ2n) is 5.93. The Morgan fingerprint density at radius 3 is 2.71 bits per heavy atom. The van der Waals surface area contributed by atoms with Crippen LogP contribution in [0.3, 0.4) is 0 Å². The molecule has 0 radical (unpaired) electrons.